The molecule has 5 nitrogen and oxygen atoms in total. The van der Waals surface area contributed by atoms with Gasteiger partial charge < -0.3 is 9.42 Å². The van der Waals surface area contributed by atoms with Crippen molar-refractivity contribution in [2.45, 2.75) is 20.4 Å². The Morgan fingerprint density at radius 3 is 2.70 bits per heavy atom. The molecule has 2 heterocycles. The fourth-order valence-corrected chi connectivity index (χ4v) is 2.48. The van der Waals surface area contributed by atoms with Crippen LogP contribution in [0.15, 0.2) is 22.7 Å². The van der Waals surface area contributed by atoms with Crippen LogP contribution in [0, 0.1) is 13.8 Å². The van der Waals surface area contributed by atoms with E-state index in [1.165, 1.54) is 4.90 Å². The minimum absolute atomic E-state index is 0.249. The lowest BCUT2D eigenvalue weighted by Gasteiger charge is -2.16. The SMILES string of the molecule is Cc1noc(C)c1CN1C(=O)C(=O)c2ccc(Cl)cc21. The highest BCUT2D eigenvalue weighted by atomic mass is 35.5. The molecule has 0 saturated carbocycles. The summed E-state index contributed by atoms with van der Waals surface area (Å²) < 4.78 is 5.08. The fraction of sp³-hybridized carbons (Fsp3) is 0.214. The number of benzene rings is 1. The van der Waals surface area contributed by atoms with Gasteiger partial charge in [-0.3, -0.25) is 9.59 Å². The van der Waals surface area contributed by atoms with E-state index in [-0.39, 0.29) is 6.54 Å². The number of aromatic nitrogens is 1. The molecule has 1 aliphatic heterocycles. The molecule has 20 heavy (non-hydrogen) atoms. The van der Waals surface area contributed by atoms with Crippen molar-refractivity contribution in [1.29, 1.82) is 0 Å². The summed E-state index contributed by atoms with van der Waals surface area (Å²) in [6, 6.07) is 4.80. The number of carbonyl (C=O) groups excluding carboxylic acids is 2. The van der Waals surface area contributed by atoms with E-state index in [1.807, 2.05) is 0 Å². The molecular weight excluding hydrogens is 280 g/mol. The third-order valence-corrected chi connectivity index (χ3v) is 3.67. The second kappa shape index (κ2) is 4.45. The van der Waals surface area contributed by atoms with Gasteiger partial charge in [-0.1, -0.05) is 16.8 Å². The van der Waals surface area contributed by atoms with Gasteiger partial charge in [-0.2, -0.15) is 0 Å². The van der Waals surface area contributed by atoms with Crippen LogP contribution < -0.4 is 4.90 Å². The first kappa shape index (κ1) is 12.9. The molecule has 1 aromatic carbocycles. The molecule has 0 aliphatic carbocycles. The summed E-state index contributed by atoms with van der Waals surface area (Å²) in [5.41, 5.74) is 2.43. The summed E-state index contributed by atoms with van der Waals surface area (Å²) in [7, 11) is 0. The first-order valence-electron chi connectivity index (χ1n) is 6.06. The maximum Gasteiger partial charge on any atom is 0.299 e. The number of anilines is 1. The van der Waals surface area contributed by atoms with Gasteiger partial charge in [0.15, 0.2) is 0 Å². The number of rotatable bonds is 2. The number of aryl methyl sites for hydroxylation is 2. The number of carbonyl (C=O) groups is 2. The van der Waals surface area contributed by atoms with E-state index in [1.54, 1.807) is 32.0 Å². The van der Waals surface area contributed by atoms with Crippen LogP contribution in [0.25, 0.3) is 0 Å². The predicted molar refractivity (Wildman–Crippen MR) is 72.9 cm³/mol. The van der Waals surface area contributed by atoms with Crippen LogP contribution in [0.2, 0.25) is 5.02 Å². The van der Waals surface area contributed by atoms with Gasteiger partial charge in [0, 0.05) is 10.6 Å². The van der Waals surface area contributed by atoms with Gasteiger partial charge in [0.2, 0.25) is 0 Å². The number of nitrogens with zero attached hydrogens (tertiary/aromatic N) is 2. The van der Waals surface area contributed by atoms with Crippen molar-refractivity contribution in [3.63, 3.8) is 0 Å². The number of Topliss-reactive ketones (excluding diaryl/α,β-unsaturated/α-hetero) is 1. The van der Waals surface area contributed by atoms with Crippen LogP contribution in [0.1, 0.15) is 27.4 Å². The Bertz CT molecular complexity index is 717. The maximum absolute atomic E-state index is 12.1. The second-order valence-electron chi connectivity index (χ2n) is 4.68. The van der Waals surface area contributed by atoms with Crippen molar-refractivity contribution < 1.29 is 14.1 Å². The lowest BCUT2D eigenvalue weighted by molar-refractivity contribution is -0.114. The highest BCUT2D eigenvalue weighted by Crippen LogP contribution is 2.33. The van der Waals surface area contributed by atoms with Crippen molar-refractivity contribution in [2.24, 2.45) is 0 Å². The zero-order valence-corrected chi connectivity index (χ0v) is 11.7. The molecule has 0 atom stereocenters. The van der Waals surface area contributed by atoms with Crippen molar-refractivity contribution in [1.82, 2.24) is 5.16 Å². The highest BCUT2D eigenvalue weighted by molar-refractivity contribution is 6.52. The molecule has 1 aliphatic rings. The molecule has 0 spiro atoms. The number of ketones is 1. The van der Waals surface area contributed by atoms with E-state index in [9.17, 15) is 9.59 Å². The zero-order chi connectivity index (χ0) is 14.4. The number of halogens is 1. The van der Waals surface area contributed by atoms with E-state index in [0.717, 1.165) is 5.56 Å². The average Bonchev–Trinajstić information content (AvgIpc) is 2.84. The van der Waals surface area contributed by atoms with Crippen LogP contribution in [0.4, 0.5) is 5.69 Å². The van der Waals surface area contributed by atoms with Gasteiger partial charge >= 0.3 is 0 Å². The average molecular weight is 291 g/mol. The summed E-state index contributed by atoms with van der Waals surface area (Å²) in [5.74, 6) is -0.427. The maximum atomic E-state index is 12.1. The molecule has 0 saturated heterocycles. The van der Waals surface area contributed by atoms with Gasteiger partial charge in [0.25, 0.3) is 11.7 Å². The standard InChI is InChI=1S/C14H11ClN2O3/c1-7-11(8(2)20-16-7)6-17-12-5-9(15)3-4-10(12)13(18)14(17)19/h3-5H,6H2,1-2H3. The zero-order valence-electron chi connectivity index (χ0n) is 10.9. The number of hydrogen-bond acceptors (Lipinski definition) is 4. The molecule has 0 radical (unpaired) electrons. The Morgan fingerprint density at radius 2 is 2.05 bits per heavy atom. The molecule has 0 N–H and O–H groups in total. The van der Waals surface area contributed by atoms with Crippen LogP contribution >= 0.6 is 11.6 Å². The Hall–Kier alpha value is -2.14. The van der Waals surface area contributed by atoms with E-state index in [2.05, 4.69) is 5.16 Å². The Balaban J connectivity index is 2.05. The molecule has 0 unspecified atom stereocenters. The van der Waals surface area contributed by atoms with Crippen molar-refractivity contribution >= 4 is 29.0 Å². The van der Waals surface area contributed by atoms with E-state index in [4.69, 9.17) is 16.1 Å². The van der Waals surface area contributed by atoms with Crippen molar-refractivity contribution in [3.05, 3.63) is 45.8 Å². The van der Waals surface area contributed by atoms with Gasteiger partial charge in [-0.05, 0) is 32.0 Å². The van der Waals surface area contributed by atoms with E-state index >= 15 is 0 Å². The quantitative estimate of drug-likeness (QED) is 0.798. The number of amides is 1. The molecule has 6 heteroatoms. The van der Waals surface area contributed by atoms with Gasteiger partial charge in [-0.15, -0.1) is 0 Å². The van der Waals surface area contributed by atoms with Gasteiger partial charge in [-0.25, -0.2) is 0 Å². The highest BCUT2D eigenvalue weighted by Gasteiger charge is 2.36. The third kappa shape index (κ3) is 1.82. The van der Waals surface area contributed by atoms with Crippen LogP contribution in [0.3, 0.4) is 0 Å². The molecule has 0 bridgehead atoms. The minimum Gasteiger partial charge on any atom is -0.361 e. The van der Waals surface area contributed by atoms with Crippen LogP contribution in [-0.4, -0.2) is 16.8 Å². The van der Waals surface area contributed by atoms with Crippen LogP contribution in [0.5, 0.6) is 0 Å². The molecule has 3 rings (SSSR count). The predicted octanol–water partition coefficient (Wildman–Crippen LogP) is 2.67. The van der Waals surface area contributed by atoms with E-state index in [0.29, 0.717) is 27.7 Å². The number of hydrogen-bond donors (Lipinski definition) is 0. The Morgan fingerprint density at radius 1 is 1.30 bits per heavy atom. The summed E-state index contributed by atoms with van der Waals surface area (Å²) in [4.78, 5) is 25.5. The topological polar surface area (TPSA) is 63.4 Å². The van der Waals surface area contributed by atoms with Gasteiger partial charge in [0.1, 0.15) is 5.76 Å². The summed E-state index contributed by atoms with van der Waals surface area (Å²) >= 11 is 5.95. The first-order chi connectivity index (χ1) is 9.49. The second-order valence-corrected chi connectivity index (χ2v) is 5.12. The monoisotopic (exact) mass is 290 g/mol. The number of fused-ring (bicyclic) bond motifs is 1. The smallest absolute Gasteiger partial charge is 0.299 e. The minimum atomic E-state index is -0.553. The summed E-state index contributed by atoms with van der Waals surface area (Å²) in [6.07, 6.45) is 0. The molecule has 2 aromatic rings. The lowest BCUT2D eigenvalue weighted by atomic mass is 10.1. The first-order valence-corrected chi connectivity index (χ1v) is 6.44. The normalized spacial score (nSPS) is 14.1. The van der Waals surface area contributed by atoms with E-state index < -0.39 is 11.7 Å². The summed E-state index contributed by atoms with van der Waals surface area (Å²) in [6.45, 7) is 3.82. The Labute approximate surface area is 120 Å². The van der Waals surface area contributed by atoms with Crippen molar-refractivity contribution in [2.75, 3.05) is 4.90 Å². The van der Waals surface area contributed by atoms with Crippen molar-refractivity contribution in [3.8, 4) is 0 Å². The largest absolute Gasteiger partial charge is 0.361 e. The molecular formula is C14H11ClN2O3. The lowest BCUT2D eigenvalue weighted by Crippen LogP contribution is -2.29. The summed E-state index contributed by atoms with van der Waals surface area (Å²) in [5, 5.41) is 4.33. The van der Waals surface area contributed by atoms with Crippen LogP contribution in [-0.2, 0) is 11.3 Å². The fourth-order valence-electron chi connectivity index (χ4n) is 2.31. The third-order valence-electron chi connectivity index (χ3n) is 3.43. The Kier molecular flexibility index (Phi) is 2.87. The molecule has 0 fully saturated rings. The molecule has 1 amide bonds. The van der Waals surface area contributed by atoms with Gasteiger partial charge in [0.05, 0.1) is 23.5 Å². The molecule has 1 aromatic heterocycles. The molecule has 102 valence electrons.